The third kappa shape index (κ3) is 3.34. The number of nitrogens with one attached hydrogen (secondary N) is 1. The zero-order valence-corrected chi connectivity index (χ0v) is 16.3. The summed E-state index contributed by atoms with van der Waals surface area (Å²) >= 11 is 0. The molecule has 0 aliphatic carbocycles. The van der Waals surface area contributed by atoms with E-state index in [0.717, 1.165) is 21.5 Å². The minimum absolute atomic E-state index is 0.0915. The Bertz CT molecular complexity index is 1160. The molecular formula is C20H22N6O2. The first-order chi connectivity index (χ1) is 13.3. The van der Waals surface area contributed by atoms with Gasteiger partial charge in [0, 0.05) is 32.4 Å². The zero-order valence-electron chi connectivity index (χ0n) is 16.3. The number of para-hydroxylation sites is 1. The lowest BCUT2D eigenvalue weighted by molar-refractivity contribution is 0.684. The lowest BCUT2D eigenvalue weighted by Crippen LogP contribution is -2.39. The van der Waals surface area contributed by atoms with Crippen LogP contribution < -0.4 is 16.6 Å². The van der Waals surface area contributed by atoms with Gasteiger partial charge in [-0.15, -0.1) is 0 Å². The second kappa shape index (κ2) is 7.56. The Labute approximate surface area is 162 Å². The fraction of sp³-hybridized carbons (Fsp3) is 0.300. The molecule has 3 aromatic rings. The molecule has 0 spiro atoms. The highest BCUT2D eigenvalue weighted by Crippen LogP contribution is 2.21. The third-order valence-electron chi connectivity index (χ3n) is 4.61. The average Bonchev–Trinajstić information content (AvgIpc) is 3.13. The molecule has 0 radical (unpaired) electrons. The number of nitriles is 1. The van der Waals surface area contributed by atoms with E-state index in [1.165, 1.54) is 18.7 Å². The van der Waals surface area contributed by atoms with Crippen molar-refractivity contribution in [2.45, 2.75) is 26.3 Å². The van der Waals surface area contributed by atoms with Crippen LogP contribution in [0.3, 0.4) is 0 Å². The van der Waals surface area contributed by atoms with E-state index in [1.54, 1.807) is 4.68 Å². The first-order valence-corrected chi connectivity index (χ1v) is 8.93. The lowest BCUT2D eigenvalue weighted by Gasteiger charge is -2.14. The summed E-state index contributed by atoms with van der Waals surface area (Å²) in [5.74, 6) is 0.391. The van der Waals surface area contributed by atoms with Gasteiger partial charge >= 0.3 is 5.69 Å². The number of hydrogen-bond acceptors (Lipinski definition) is 5. The normalized spacial score (nSPS) is 10.9. The fourth-order valence-electron chi connectivity index (χ4n) is 3.09. The quantitative estimate of drug-likeness (QED) is 0.731. The number of aromatic nitrogens is 4. The maximum absolute atomic E-state index is 12.2. The predicted octanol–water partition coefficient (Wildman–Crippen LogP) is 1.88. The van der Waals surface area contributed by atoms with Crippen molar-refractivity contribution in [3.05, 3.63) is 74.2 Å². The second-order valence-electron chi connectivity index (χ2n) is 6.87. The van der Waals surface area contributed by atoms with E-state index in [9.17, 15) is 14.9 Å². The fourth-order valence-corrected chi connectivity index (χ4v) is 3.09. The van der Waals surface area contributed by atoms with Crippen LogP contribution in [0, 0.1) is 11.3 Å². The highest BCUT2D eigenvalue weighted by Gasteiger charge is 2.18. The van der Waals surface area contributed by atoms with Crippen LogP contribution in [0.5, 0.6) is 0 Å². The molecule has 0 unspecified atom stereocenters. The Balaban J connectivity index is 2.00. The molecule has 2 aromatic heterocycles. The van der Waals surface area contributed by atoms with Crippen molar-refractivity contribution in [3.8, 4) is 11.8 Å². The molecule has 0 saturated heterocycles. The van der Waals surface area contributed by atoms with Gasteiger partial charge in [-0.3, -0.25) is 13.9 Å². The van der Waals surface area contributed by atoms with Crippen molar-refractivity contribution in [1.82, 2.24) is 18.9 Å². The summed E-state index contributed by atoms with van der Waals surface area (Å²) in [6.07, 6.45) is 1.92. The molecule has 8 heteroatoms. The summed E-state index contributed by atoms with van der Waals surface area (Å²) in [6, 6.07) is 11.7. The molecule has 28 heavy (non-hydrogen) atoms. The molecule has 0 aliphatic heterocycles. The van der Waals surface area contributed by atoms with Crippen LogP contribution in [0.4, 0.5) is 5.82 Å². The molecular weight excluding hydrogens is 356 g/mol. The highest BCUT2D eigenvalue weighted by atomic mass is 16.2. The lowest BCUT2D eigenvalue weighted by atomic mass is 10.1. The van der Waals surface area contributed by atoms with Crippen molar-refractivity contribution in [2.24, 2.45) is 14.1 Å². The monoisotopic (exact) mass is 378 g/mol. The van der Waals surface area contributed by atoms with Crippen LogP contribution in [-0.2, 0) is 20.6 Å². The summed E-state index contributed by atoms with van der Waals surface area (Å²) in [7, 11) is 2.89. The van der Waals surface area contributed by atoms with Crippen molar-refractivity contribution in [1.29, 1.82) is 5.26 Å². The second-order valence-corrected chi connectivity index (χ2v) is 6.87. The van der Waals surface area contributed by atoms with Gasteiger partial charge in [-0.2, -0.15) is 10.4 Å². The summed E-state index contributed by atoms with van der Waals surface area (Å²) < 4.78 is 4.01. The molecule has 3 rings (SSSR count). The molecule has 8 nitrogen and oxygen atoms in total. The van der Waals surface area contributed by atoms with E-state index in [-0.39, 0.29) is 17.3 Å². The number of hydrogen-bond donors (Lipinski definition) is 1. The maximum atomic E-state index is 12.2. The number of benzene rings is 1. The van der Waals surface area contributed by atoms with E-state index in [1.807, 2.05) is 42.6 Å². The van der Waals surface area contributed by atoms with Gasteiger partial charge in [0.05, 0.1) is 11.4 Å². The standard InChI is InChI=1S/C20H22N6O2/c1-13(2)17-14(12-26(23-17)15-8-6-5-7-9-15)11-22-18-16(10-21)19(27)25(4)20(28)24(18)3/h5-9,12-13,22H,11H2,1-4H3. The SMILES string of the molecule is CC(C)c1nn(-c2ccccc2)cc1CNc1c(C#N)c(=O)n(C)c(=O)n1C. The largest absolute Gasteiger partial charge is 0.366 e. The van der Waals surface area contributed by atoms with E-state index >= 15 is 0 Å². The Hall–Kier alpha value is -3.60. The van der Waals surface area contributed by atoms with E-state index < -0.39 is 11.2 Å². The van der Waals surface area contributed by atoms with Crippen LogP contribution >= 0.6 is 0 Å². The van der Waals surface area contributed by atoms with Crippen LogP contribution in [0.15, 0.2) is 46.1 Å². The molecule has 0 fully saturated rings. The third-order valence-corrected chi connectivity index (χ3v) is 4.61. The van der Waals surface area contributed by atoms with Gasteiger partial charge in [0.25, 0.3) is 5.56 Å². The van der Waals surface area contributed by atoms with Gasteiger partial charge in [0.2, 0.25) is 0 Å². The van der Waals surface area contributed by atoms with Gasteiger partial charge in [-0.1, -0.05) is 32.0 Å². The number of anilines is 1. The molecule has 0 saturated carbocycles. The molecule has 2 heterocycles. The predicted molar refractivity (Wildman–Crippen MR) is 107 cm³/mol. The molecule has 0 atom stereocenters. The first-order valence-electron chi connectivity index (χ1n) is 8.93. The molecule has 144 valence electrons. The summed E-state index contributed by atoms with van der Waals surface area (Å²) in [4.78, 5) is 24.5. The van der Waals surface area contributed by atoms with Crippen molar-refractivity contribution < 1.29 is 0 Å². The molecule has 0 aliphatic rings. The smallest absolute Gasteiger partial charge is 0.332 e. The Morgan fingerprint density at radius 2 is 1.82 bits per heavy atom. The van der Waals surface area contributed by atoms with Crippen molar-refractivity contribution in [2.75, 3.05) is 5.32 Å². The minimum atomic E-state index is -0.614. The molecule has 0 bridgehead atoms. The van der Waals surface area contributed by atoms with Gasteiger partial charge in [-0.25, -0.2) is 9.48 Å². The minimum Gasteiger partial charge on any atom is -0.366 e. The van der Waals surface area contributed by atoms with E-state index in [4.69, 9.17) is 0 Å². The Morgan fingerprint density at radius 3 is 2.43 bits per heavy atom. The van der Waals surface area contributed by atoms with Gasteiger partial charge in [-0.05, 0) is 18.1 Å². The molecule has 1 N–H and O–H groups in total. The van der Waals surface area contributed by atoms with Gasteiger partial charge in [0.15, 0.2) is 5.56 Å². The van der Waals surface area contributed by atoms with E-state index in [2.05, 4.69) is 24.3 Å². The number of rotatable bonds is 5. The number of nitrogens with zero attached hydrogens (tertiary/aromatic N) is 5. The van der Waals surface area contributed by atoms with Crippen LogP contribution in [0.2, 0.25) is 0 Å². The topological polar surface area (TPSA) is 97.6 Å². The van der Waals surface area contributed by atoms with Crippen molar-refractivity contribution >= 4 is 5.82 Å². The average molecular weight is 378 g/mol. The summed E-state index contributed by atoms with van der Waals surface area (Å²) in [5, 5.41) is 17.2. The highest BCUT2D eigenvalue weighted by molar-refractivity contribution is 5.51. The zero-order chi connectivity index (χ0) is 20.4. The Morgan fingerprint density at radius 1 is 1.14 bits per heavy atom. The molecule has 0 amide bonds. The van der Waals surface area contributed by atoms with Gasteiger partial charge < -0.3 is 5.32 Å². The van der Waals surface area contributed by atoms with Crippen LogP contribution in [-0.4, -0.2) is 18.9 Å². The summed E-state index contributed by atoms with van der Waals surface area (Å²) in [5.41, 5.74) is 1.58. The van der Waals surface area contributed by atoms with Crippen LogP contribution in [0.25, 0.3) is 5.69 Å². The van der Waals surface area contributed by atoms with E-state index in [0.29, 0.717) is 6.54 Å². The molecule has 1 aromatic carbocycles. The van der Waals surface area contributed by atoms with Crippen molar-refractivity contribution in [3.63, 3.8) is 0 Å². The van der Waals surface area contributed by atoms with Crippen LogP contribution in [0.1, 0.15) is 36.6 Å². The van der Waals surface area contributed by atoms with Gasteiger partial charge in [0.1, 0.15) is 11.9 Å². The maximum Gasteiger partial charge on any atom is 0.332 e. The summed E-state index contributed by atoms with van der Waals surface area (Å²) in [6.45, 7) is 4.43. The first kappa shape index (κ1) is 19.2. The Kier molecular flexibility index (Phi) is 5.18.